The van der Waals surface area contributed by atoms with Crippen molar-refractivity contribution >= 4 is 22.6 Å². The predicted octanol–water partition coefficient (Wildman–Crippen LogP) is 2.51. The van der Waals surface area contributed by atoms with Crippen LogP contribution in [0.4, 0.5) is 0 Å². The molecule has 0 amide bonds. The van der Waals surface area contributed by atoms with Gasteiger partial charge in [0.1, 0.15) is 0 Å². The Morgan fingerprint density at radius 1 is 1.83 bits per heavy atom. The van der Waals surface area contributed by atoms with Gasteiger partial charge in [-0.15, -0.1) is 0 Å². The van der Waals surface area contributed by atoms with Gasteiger partial charge in [-0.25, -0.2) is 0 Å². The first-order valence-corrected chi connectivity index (χ1v) is 2.80. The molecule has 1 heteroatoms. The van der Waals surface area contributed by atoms with Gasteiger partial charge in [-0.2, -0.15) is 0 Å². The third kappa shape index (κ3) is 4.21. The van der Waals surface area contributed by atoms with E-state index in [0.717, 1.165) is 0 Å². The molecule has 6 heavy (non-hydrogen) atoms. The van der Waals surface area contributed by atoms with Crippen LogP contribution >= 0.6 is 22.6 Å². The Bertz CT molecular complexity index is 68.0. The first kappa shape index (κ1) is 6.21. The minimum Gasteiger partial charge on any atom is -0.0990 e. The van der Waals surface area contributed by atoms with Gasteiger partial charge in [-0.1, -0.05) is 18.7 Å². The van der Waals surface area contributed by atoms with Crippen molar-refractivity contribution in [1.82, 2.24) is 0 Å². The van der Waals surface area contributed by atoms with Gasteiger partial charge in [-0.05, 0) is 33.1 Å². The highest BCUT2D eigenvalue weighted by Crippen LogP contribution is 2.00. The average Bonchev–Trinajstić information content (AvgIpc) is 1.35. The topological polar surface area (TPSA) is 0 Å². The van der Waals surface area contributed by atoms with Crippen LogP contribution in [0.15, 0.2) is 22.3 Å². The van der Waals surface area contributed by atoms with Crippen molar-refractivity contribution in [2.45, 2.75) is 6.92 Å². The van der Waals surface area contributed by atoms with Crippen molar-refractivity contribution in [1.29, 1.82) is 0 Å². The molecule has 0 rings (SSSR count). The van der Waals surface area contributed by atoms with Crippen molar-refractivity contribution in [2.24, 2.45) is 0 Å². The Hall–Kier alpha value is 0.210. The van der Waals surface area contributed by atoms with Crippen LogP contribution in [0.1, 0.15) is 6.92 Å². The number of allylic oxidation sites excluding steroid dienone is 3. The molecule has 0 aliphatic rings. The van der Waals surface area contributed by atoms with E-state index >= 15 is 0 Å². The van der Waals surface area contributed by atoms with E-state index in [1.165, 1.54) is 3.58 Å². The predicted molar refractivity (Wildman–Crippen MR) is 38.0 cm³/mol. The molecule has 0 spiro atoms. The summed E-state index contributed by atoms with van der Waals surface area (Å²) in [4.78, 5) is 0. The second-order valence-electron chi connectivity index (χ2n) is 0.989. The van der Waals surface area contributed by atoms with Crippen molar-refractivity contribution < 1.29 is 0 Å². The van der Waals surface area contributed by atoms with Crippen LogP contribution in [0.3, 0.4) is 0 Å². The summed E-state index contributed by atoms with van der Waals surface area (Å²) in [7, 11) is 0. The quantitative estimate of drug-likeness (QED) is 0.444. The SMILES string of the molecule is C=C/C=C(/C)I. The molecule has 0 unspecified atom stereocenters. The van der Waals surface area contributed by atoms with Gasteiger partial charge >= 0.3 is 0 Å². The van der Waals surface area contributed by atoms with E-state index in [1.54, 1.807) is 6.08 Å². The molecule has 34 valence electrons. The minimum absolute atomic E-state index is 1.27. The molecule has 0 aromatic heterocycles. The molecule has 0 bridgehead atoms. The van der Waals surface area contributed by atoms with E-state index in [1.807, 2.05) is 13.0 Å². The first-order valence-electron chi connectivity index (χ1n) is 1.72. The fourth-order valence-electron chi connectivity index (χ4n) is 0.162. The normalized spacial score (nSPS) is 11.3. The molecule has 0 nitrogen and oxygen atoms in total. The summed E-state index contributed by atoms with van der Waals surface area (Å²) in [6, 6.07) is 0. The van der Waals surface area contributed by atoms with Gasteiger partial charge in [0.2, 0.25) is 0 Å². The van der Waals surface area contributed by atoms with Crippen LogP contribution in [-0.2, 0) is 0 Å². The fourth-order valence-corrected chi connectivity index (χ4v) is 0.417. The molecule has 0 fully saturated rings. The molecule has 0 heterocycles. The number of hydrogen-bond donors (Lipinski definition) is 0. The van der Waals surface area contributed by atoms with E-state index in [-0.39, 0.29) is 0 Å². The molecule has 0 aromatic carbocycles. The summed E-state index contributed by atoms with van der Waals surface area (Å²) in [6.07, 6.45) is 3.74. The van der Waals surface area contributed by atoms with Gasteiger partial charge in [0.15, 0.2) is 0 Å². The summed E-state index contributed by atoms with van der Waals surface area (Å²) in [6.45, 7) is 5.55. The molecular formula is C5H7I. The second-order valence-corrected chi connectivity index (χ2v) is 2.69. The van der Waals surface area contributed by atoms with E-state index in [2.05, 4.69) is 29.2 Å². The van der Waals surface area contributed by atoms with Gasteiger partial charge in [-0.3, -0.25) is 0 Å². The average molecular weight is 194 g/mol. The zero-order chi connectivity index (χ0) is 4.99. The van der Waals surface area contributed by atoms with Crippen LogP contribution in [0.5, 0.6) is 0 Å². The van der Waals surface area contributed by atoms with Crippen LogP contribution < -0.4 is 0 Å². The lowest BCUT2D eigenvalue weighted by molar-refractivity contribution is 1.72. The van der Waals surface area contributed by atoms with Crippen molar-refractivity contribution in [3.63, 3.8) is 0 Å². The van der Waals surface area contributed by atoms with Crippen LogP contribution in [0.2, 0.25) is 0 Å². The van der Waals surface area contributed by atoms with Gasteiger partial charge in [0, 0.05) is 0 Å². The monoisotopic (exact) mass is 194 g/mol. The van der Waals surface area contributed by atoms with Crippen LogP contribution in [0, 0.1) is 0 Å². The molecule has 0 aliphatic heterocycles. The number of rotatable bonds is 1. The highest BCUT2D eigenvalue weighted by atomic mass is 127. The van der Waals surface area contributed by atoms with E-state index < -0.39 is 0 Å². The first-order chi connectivity index (χ1) is 2.77. The molecule has 0 atom stereocenters. The molecule has 0 saturated carbocycles. The summed E-state index contributed by atoms with van der Waals surface area (Å²) in [5.41, 5.74) is 0. The Balaban J connectivity index is 3.41. The van der Waals surface area contributed by atoms with Gasteiger partial charge < -0.3 is 0 Å². The van der Waals surface area contributed by atoms with Crippen molar-refractivity contribution in [3.8, 4) is 0 Å². The molecule has 0 aliphatic carbocycles. The largest absolute Gasteiger partial charge is 0.0990 e. The lowest BCUT2D eigenvalue weighted by Gasteiger charge is -1.73. The Morgan fingerprint density at radius 3 is 2.33 bits per heavy atom. The molecular weight excluding hydrogens is 187 g/mol. The number of hydrogen-bond acceptors (Lipinski definition) is 0. The fraction of sp³-hybridized carbons (Fsp3) is 0.200. The van der Waals surface area contributed by atoms with Gasteiger partial charge in [0.25, 0.3) is 0 Å². The number of halogens is 1. The van der Waals surface area contributed by atoms with Crippen molar-refractivity contribution in [2.75, 3.05) is 0 Å². The van der Waals surface area contributed by atoms with Crippen molar-refractivity contribution in [3.05, 3.63) is 22.3 Å². The summed E-state index contributed by atoms with van der Waals surface area (Å²) in [5, 5.41) is 0. The zero-order valence-corrected chi connectivity index (χ0v) is 5.90. The summed E-state index contributed by atoms with van der Waals surface area (Å²) >= 11 is 2.23. The Labute approximate surface area is 52.1 Å². The smallest absolute Gasteiger partial charge is 0.0125 e. The van der Waals surface area contributed by atoms with E-state index in [0.29, 0.717) is 0 Å². The Kier molecular flexibility index (Phi) is 3.52. The highest BCUT2D eigenvalue weighted by Gasteiger charge is 1.66. The van der Waals surface area contributed by atoms with E-state index in [9.17, 15) is 0 Å². The lowest BCUT2D eigenvalue weighted by atomic mass is 10.5. The molecule has 0 N–H and O–H groups in total. The maximum absolute atomic E-state index is 3.52. The molecule has 0 aromatic rings. The summed E-state index contributed by atoms with van der Waals surface area (Å²) < 4.78 is 1.27. The molecule has 0 saturated heterocycles. The second kappa shape index (κ2) is 3.40. The maximum Gasteiger partial charge on any atom is -0.0125 e. The van der Waals surface area contributed by atoms with E-state index in [4.69, 9.17) is 0 Å². The standard InChI is InChI=1S/C5H7I/c1-3-4-5(2)6/h3-4H,1H2,2H3/b5-4-. The minimum atomic E-state index is 1.27. The van der Waals surface area contributed by atoms with Crippen LogP contribution in [0.25, 0.3) is 0 Å². The maximum atomic E-state index is 3.52. The Morgan fingerprint density at radius 2 is 2.33 bits per heavy atom. The molecule has 0 radical (unpaired) electrons. The third-order valence-corrected chi connectivity index (χ3v) is 0.707. The van der Waals surface area contributed by atoms with Gasteiger partial charge in [0.05, 0.1) is 0 Å². The summed E-state index contributed by atoms with van der Waals surface area (Å²) in [5.74, 6) is 0. The highest BCUT2D eigenvalue weighted by molar-refractivity contribution is 14.1. The lowest BCUT2D eigenvalue weighted by Crippen LogP contribution is -1.47. The third-order valence-electron chi connectivity index (χ3n) is 0.348. The van der Waals surface area contributed by atoms with Crippen LogP contribution in [-0.4, -0.2) is 0 Å². The zero-order valence-electron chi connectivity index (χ0n) is 3.74.